The molecule has 7 heteroatoms. The maximum absolute atomic E-state index is 12.1. The number of aromatic nitrogens is 1. The Labute approximate surface area is 124 Å². The van der Waals surface area contributed by atoms with Crippen LogP contribution in [0.1, 0.15) is 49.5 Å². The third-order valence-electron chi connectivity index (χ3n) is 3.16. The highest BCUT2D eigenvalue weighted by atomic mass is 16.6. The zero-order chi connectivity index (χ0) is 15.7. The number of rotatable bonds is 10. The topological polar surface area (TPSA) is 97.4 Å². The van der Waals surface area contributed by atoms with Crippen molar-refractivity contribution in [2.75, 3.05) is 13.2 Å². The maximum Gasteiger partial charge on any atom is 0.287 e. The number of carbonyl (C=O) groups excluding carboxylic acids is 1. The zero-order valence-corrected chi connectivity index (χ0v) is 12.4. The number of aryl methyl sites for hydroxylation is 1. The Kier molecular flexibility index (Phi) is 7.45. The highest BCUT2D eigenvalue weighted by Crippen LogP contribution is 2.17. The molecule has 1 amide bonds. The molecule has 1 heterocycles. The number of unbranched alkanes of at least 4 members (excludes halogenated alkanes) is 3. The molecule has 0 aliphatic heterocycles. The molecule has 1 aromatic heterocycles. The molecular formula is C14H23N3O4. The summed E-state index contributed by atoms with van der Waals surface area (Å²) in [5.74, 6) is -0.279. The van der Waals surface area contributed by atoms with Crippen LogP contribution in [0.2, 0.25) is 0 Å². The predicted octanol–water partition coefficient (Wildman–Crippen LogP) is 2.09. The number of hydrogen-bond donors (Lipinski definition) is 2. The summed E-state index contributed by atoms with van der Waals surface area (Å²) < 4.78 is 1.62. The van der Waals surface area contributed by atoms with Crippen molar-refractivity contribution in [1.29, 1.82) is 0 Å². The van der Waals surface area contributed by atoms with Crippen LogP contribution >= 0.6 is 0 Å². The Hall–Kier alpha value is -1.89. The number of nitro groups is 1. The molecule has 0 unspecified atom stereocenters. The van der Waals surface area contributed by atoms with Gasteiger partial charge in [-0.15, -0.1) is 0 Å². The largest absolute Gasteiger partial charge is 0.396 e. The monoisotopic (exact) mass is 297 g/mol. The van der Waals surface area contributed by atoms with E-state index in [2.05, 4.69) is 5.32 Å². The standard InChI is InChI=1S/C14H23N3O4/c1-2-8-16-11-12(17(20)21)10-13(16)14(19)15-7-5-3-4-6-9-18/h10-11,18H,2-9H2,1H3,(H,15,19). The van der Waals surface area contributed by atoms with E-state index in [1.807, 2.05) is 6.92 Å². The number of nitrogens with zero attached hydrogens (tertiary/aromatic N) is 2. The van der Waals surface area contributed by atoms with Crippen LogP contribution < -0.4 is 5.32 Å². The van der Waals surface area contributed by atoms with Crippen molar-refractivity contribution < 1.29 is 14.8 Å². The maximum atomic E-state index is 12.1. The van der Waals surface area contributed by atoms with E-state index >= 15 is 0 Å². The summed E-state index contributed by atoms with van der Waals surface area (Å²) in [6.07, 6.45) is 5.69. The van der Waals surface area contributed by atoms with Gasteiger partial charge in [-0.1, -0.05) is 19.8 Å². The molecule has 0 aliphatic rings. The summed E-state index contributed by atoms with van der Waals surface area (Å²) in [5, 5.41) is 22.2. The summed E-state index contributed by atoms with van der Waals surface area (Å²) in [6, 6.07) is 1.32. The molecule has 0 bridgehead atoms. The highest BCUT2D eigenvalue weighted by Gasteiger charge is 2.18. The second kappa shape index (κ2) is 9.12. The van der Waals surface area contributed by atoms with Gasteiger partial charge in [0.2, 0.25) is 0 Å². The van der Waals surface area contributed by atoms with Gasteiger partial charge >= 0.3 is 0 Å². The van der Waals surface area contributed by atoms with Crippen molar-refractivity contribution >= 4 is 11.6 Å². The van der Waals surface area contributed by atoms with E-state index in [4.69, 9.17) is 5.11 Å². The number of carbonyl (C=O) groups is 1. The Morgan fingerprint density at radius 3 is 2.71 bits per heavy atom. The first-order valence-corrected chi connectivity index (χ1v) is 7.33. The van der Waals surface area contributed by atoms with Gasteiger partial charge in [0, 0.05) is 25.8 Å². The SMILES string of the molecule is CCCn1cc([N+](=O)[O-])cc1C(=O)NCCCCCCO. The molecule has 1 aromatic rings. The minimum absolute atomic E-state index is 0.0588. The first kappa shape index (κ1) is 17.2. The van der Waals surface area contributed by atoms with Gasteiger partial charge < -0.3 is 15.0 Å². The summed E-state index contributed by atoms with van der Waals surface area (Å²) >= 11 is 0. The van der Waals surface area contributed by atoms with Crippen molar-refractivity contribution in [1.82, 2.24) is 9.88 Å². The summed E-state index contributed by atoms with van der Waals surface area (Å²) in [4.78, 5) is 22.4. The zero-order valence-electron chi connectivity index (χ0n) is 12.4. The molecule has 2 N–H and O–H groups in total. The molecule has 21 heavy (non-hydrogen) atoms. The van der Waals surface area contributed by atoms with Crippen LogP contribution in [0, 0.1) is 10.1 Å². The molecule has 0 aromatic carbocycles. The molecule has 118 valence electrons. The minimum atomic E-state index is -0.488. The Balaban J connectivity index is 2.54. The van der Waals surface area contributed by atoms with Crippen molar-refractivity contribution in [3.8, 4) is 0 Å². The average Bonchev–Trinajstić information content (AvgIpc) is 2.87. The van der Waals surface area contributed by atoms with Gasteiger partial charge in [0.25, 0.3) is 11.6 Å². The third kappa shape index (κ3) is 5.55. The van der Waals surface area contributed by atoms with Crippen molar-refractivity contribution in [3.05, 3.63) is 28.1 Å². The fourth-order valence-corrected chi connectivity index (χ4v) is 2.09. The lowest BCUT2D eigenvalue weighted by molar-refractivity contribution is -0.384. The summed E-state index contributed by atoms with van der Waals surface area (Å²) in [7, 11) is 0. The van der Waals surface area contributed by atoms with Gasteiger partial charge in [0.1, 0.15) is 5.69 Å². The second-order valence-electron chi connectivity index (χ2n) is 4.93. The number of aliphatic hydroxyl groups excluding tert-OH is 1. The van der Waals surface area contributed by atoms with Crippen molar-refractivity contribution in [2.24, 2.45) is 0 Å². The van der Waals surface area contributed by atoms with Crippen LogP contribution in [0.25, 0.3) is 0 Å². The van der Waals surface area contributed by atoms with Crippen LogP contribution in [0.4, 0.5) is 5.69 Å². The highest BCUT2D eigenvalue weighted by molar-refractivity contribution is 5.93. The van der Waals surface area contributed by atoms with Gasteiger partial charge in [0.15, 0.2) is 0 Å². The van der Waals surface area contributed by atoms with Gasteiger partial charge in [-0.05, 0) is 19.3 Å². The Bertz CT molecular complexity index is 471. The van der Waals surface area contributed by atoms with Gasteiger partial charge in [-0.2, -0.15) is 0 Å². The fourth-order valence-electron chi connectivity index (χ4n) is 2.09. The van der Waals surface area contributed by atoms with Crippen LogP contribution in [-0.2, 0) is 6.54 Å². The number of nitrogens with one attached hydrogen (secondary N) is 1. The van der Waals surface area contributed by atoms with E-state index in [-0.39, 0.29) is 18.2 Å². The van der Waals surface area contributed by atoms with Crippen LogP contribution in [-0.4, -0.2) is 33.7 Å². The first-order valence-electron chi connectivity index (χ1n) is 7.33. The van der Waals surface area contributed by atoms with E-state index in [0.717, 1.165) is 32.1 Å². The molecule has 0 aliphatic carbocycles. The summed E-state index contributed by atoms with van der Waals surface area (Å²) in [5.41, 5.74) is 0.274. The van der Waals surface area contributed by atoms with Gasteiger partial charge in [-0.25, -0.2) is 0 Å². The van der Waals surface area contributed by atoms with Crippen LogP contribution in [0.5, 0.6) is 0 Å². The van der Waals surface area contributed by atoms with E-state index in [9.17, 15) is 14.9 Å². The lowest BCUT2D eigenvalue weighted by Crippen LogP contribution is -2.26. The normalized spacial score (nSPS) is 10.6. The van der Waals surface area contributed by atoms with E-state index in [0.29, 0.717) is 18.8 Å². The molecule has 0 radical (unpaired) electrons. The Morgan fingerprint density at radius 2 is 2.10 bits per heavy atom. The second-order valence-corrected chi connectivity index (χ2v) is 4.93. The van der Waals surface area contributed by atoms with Crippen LogP contribution in [0.15, 0.2) is 12.3 Å². The Morgan fingerprint density at radius 1 is 1.38 bits per heavy atom. The lowest BCUT2D eigenvalue weighted by Gasteiger charge is -2.08. The smallest absolute Gasteiger partial charge is 0.287 e. The van der Waals surface area contributed by atoms with E-state index in [1.54, 1.807) is 4.57 Å². The van der Waals surface area contributed by atoms with E-state index in [1.165, 1.54) is 12.3 Å². The number of amides is 1. The predicted molar refractivity (Wildman–Crippen MR) is 79.3 cm³/mol. The minimum Gasteiger partial charge on any atom is -0.396 e. The van der Waals surface area contributed by atoms with Crippen LogP contribution in [0.3, 0.4) is 0 Å². The third-order valence-corrected chi connectivity index (χ3v) is 3.16. The molecule has 0 spiro atoms. The fraction of sp³-hybridized carbons (Fsp3) is 0.643. The van der Waals surface area contributed by atoms with Crippen molar-refractivity contribution in [2.45, 2.75) is 45.6 Å². The molecule has 0 saturated carbocycles. The number of aliphatic hydroxyl groups is 1. The van der Waals surface area contributed by atoms with Crippen molar-refractivity contribution in [3.63, 3.8) is 0 Å². The number of hydrogen-bond acceptors (Lipinski definition) is 4. The van der Waals surface area contributed by atoms with Gasteiger partial charge in [0.05, 0.1) is 11.1 Å². The molecule has 0 fully saturated rings. The average molecular weight is 297 g/mol. The molecule has 0 atom stereocenters. The quantitative estimate of drug-likeness (QED) is 0.392. The van der Waals surface area contributed by atoms with E-state index < -0.39 is 4.92 Å². The lowest BCUT2D eigenvalue weighted by atomic mass is 10.2. The molecule has 0 saturated heterocycles. The molecular weight excluding hydrogens is 274 g/mol. The molecule has 7 nitrogen and oxygen atoms in total. The first-order chi connectivity index (χ1) is 10.1. The molecule has 1 rings (SSSR count). The van der Waals surface area contributed by atoms with Gasteiger partial charge in [-0.3, -0.25) is 14.9 Å². The summed E-state index contributed by atoms with van der Waals surface area (Å²) in [6.45, 7) is 3.26.